The molecule has 0 unspecified atom stereocenters. The number of halogens is 1. The van der Waals surface area contributed by atoms with E-state index in [2.05, 4.69) is 15.4 Å². The molecule has 0 spiro atoms. The maximum atomic E-state index is 11.1. The van der Waals surface area contributed by atoms with E-state index in [1.807, 2.05) is 0 Å². The quantitative estimate of drug-likeness (QED) is 0.702. The van der Waals surface area contributed by atoms with Gasteiger partial charge < -0.3 is 0 Å². The smallest absolute Gasteiger partial charge is 0.200 e. The highest BCUT2D eigenvalue weighted by atomic mass is 35.5. The summed E-state index contributed by atoms with van der Waals surface area (Å²) in [6.07, 6.45) is 1.68. The Balaban J connectivity index is 3.65. The van der Waals surface area contributed by atoms with Crippen LogP contribution in [-0.2, 0) is 19.7 Å². The number of nitrogens with zero attached hydrogens (tertiary/aromatic N) is 3. The van der Waals surface area contributed by atoms with E-state index >= 15 is 0 Å². The van der Waals surface area contributed by atoms with Gasteiger partial charge >= 0.3 is 0 Å². The molecule has 0 fully saturated rings. The molecule has 0 saturated carbocycles. The minimum absolute atomic E-state index is 0.532. The van der Waals surface area contributed by atoms with Crippen molar-refractivity contribution < 1.29 is 16.8 Å². The van der Waals surface area contributed by atoms with Crippen LogP contribution in [0.25, 0.3) is 0 Å². The average Bonchev–Trinajstić information content (AvgIpc) is 1.99. The fraction of sp³-hybridized carbons (Fsp3) is 0.400. The molecule has 1 aromatic rings. The van der Waals surface area contributed by atoms with E-state index in [9.17, 15) is 16.8 Å². The lowest BCUT2D eigenvalue weighted by molar-refractivity contribution is 0.582. The maximum Gasteiger partial charge on any atom is 0.200 e. The summed E-state index contributed by atoms with van der Waals surface area (Å²) in [5.74, 6) is 0. The van der Waals surface area contributed by atoms with Crippen LogP contribution in [0, 0.1) is 0 Å². The molecule has 0 aliphatic carbocycles. The Morgan fingerprint density at radius 3 is 1.53 bits per heavy atom. The molecule has 10 heteroatoms. The first kappa shape index (κ1) is 12.3. The summed E-state index contributed by atoms with van der Waals surface area (Å²) >= 11 is 5.55. The van der Waals surface area contributed by atoms with Crippen molar-refractivity contribution in [2.75, 3.05) is 12.5 Å². The van der Waals surface area contributed by atoms with Gasteiger partial charge in [-0.2, -0.15) is 0 Å². The topological polar surface area (TPSA) is 107 Å². The predicted molar refractivity (Wildman–Crippen MR) is 51.1 cm³/mol. The minimum atomic E-state index is -3.73. The molecule has 0 bridgehead atoms. The van der Waals surface area contributed by atoms with Crippen molar-refractivity contribution in [3.63, 3.8) is 0 Å². The van der Waals surface area contributed by atoms with Gasteiger partial charge in [0.05, 0.1) is 0 Å². The minimum Gasteiger partial charge on any atom is -0.222 e. The Morgan fingerprint density at radius 2 is 1.27 bits per heavy atom. The Bertz CT molecular complexity index is 544. The third-order valence-electron chi connectivity index (χ3n) is 1.35. The van der Waals surface area contributed by atoms with Crippen LogP contribution in [0.4, 0.5) is 0 Å². The number of sulfone groups is 2. The van der Waals surface area contributed by atoms with Crippen molar-refractivity contribution in [2.45, 2.75) is 10.1 Å². The van der Waals surface area contributed by atoms with Crippen molar-refractivity contribution in [1.29, 1.82) is 0 Å². The van der Waals surface area contributed by atoms with Crippen LogP contribution in [0.15, 0.2) is 10.1 Å². The van der Waals surface area contributed by atoms with Crippen molar-refractivity contribution in [3.05, 3.63) is 5.02 Å². The van der Waals surface area contributed by atoms with E-state index in [4.69, 9.17) is 11.6 Å². The number of hydrogen-bond donors (Lipinski definition) is 0. The van der Waals surface area contributed by atoms with Crippen molar-refractivity contribution >= 4 is 31.3 Å². The van der Waals surface area contributed by atoms with Crippen molar-refractivity contribution in [3.8, 4) is 0 Å². The summed E-state index contributed by atoms with van der Waals surface area (Å²) in [5.41, 5.74) is 0. The van der Waals surface area contributed by atoms with Gasteiger partial charge in [0, 0.05) is 12.5 Å². The summed E-state index contributed by atoms with van der Waals surface area (Å²) in [6, 6.07) is 0. The van der Waals surface area contributed by atoms with Gasteiger partial charge in [-0.05, 0) is 5.21 Å². The van der Waals surface area contributed by atoms with Crippen LogP contribution in [-0.4, -0.2) is 44.8 Å². The van der Waals surface area contributed by atoms with E-state index in [-0.39, 0.29) is 0 Å². The largest absolute Gasteiger partial charge is 0.222 e. The molecule has 0 aromatic carbocycles. The molecule has 0 N–H and O–H groups in total. The summed E-state index contributed by atoms with van der Waals surface area (Å²) in [7, 11) is -7.45. The summed E-state index contributed by atoms with van der Waals surface area (Å²) < 4.78 is 44.5. The second kappa shape index (κ2) is 3.65. The van der Waals surface area contributed by atoms with Gasteiger partial charge in [0.15, 0.2) is 19.7 Å². The van der Waals surface area contributed by atoms with E-state index in [1.54, 1.807) is 0 Å². The van der Waals surface area contributed by atoms with E-state index in [0.717, 1.165) is 12.5 Å². The first-order valence-corrected chi connectivity index (χ1v) is 7.59. The normalized spacial score (nSPS) is 12.7. The number of aromatic nitrogens is 3. The zero-order valence-corrected chi connectivity index (χ0v) is 10.1. The summed E-state index contributed by atoms with van der Waals surface area (Å²) in [6.45, 7) is 0. The molecule has 1 aromatic heterocycles. The van der Waals surface area contributed by atoms with E-state index in [1.165, 1.54) is 0 Å². The molecule has 0 aliphatic rings. The molecule has 0 radical (unpaired) electrons. The zero-order chi connectivity index (χ0) is 11.9. The van der Waals surface area contributed by atoms with Crippen molar-refractivity contribution in [1.82, 2.24) is 15.4 Å². The van der Waals surface area contributed by atoms with Gasteiger partial charge in [-0.3, -0.25) is 0 Å². The molecule has 15 heavy (non-hydrogen) atoms. The lowest BCUT2D eigenvalue weighted by Gasteiger charge is -2.02. The van der Waals surface area contributed by atoms with Crippen LogP contribution >= 0.6 is 11.6 Å². The van der Waals surface area contributed by atoms with Crippen LogP contribution in [0.3, 0.4) is 0 Å². The van der Waals surface area contributed by atoms with E-state index < -0.39 is 34.7 Å². The molecule has 1 rings (SSSR count). The fourth-order valence-electron chi connectivity index (χ4n) is 0.757. The molecule has 0 atom stereocenters. The van der Waals surface area contributed by atoms with Gasteiger partial charge in [-0.15, -0.1) is 10.2 Å². The Morgan fingerprint density at radius 1 is 0.933 bits per heavy atom. The van der Waals surface area contributed by atoms with Gasteiger partial charge in [0.1, 0.15) is 5.02 Å². The van der Waals surface area contributed by atoms with Crippen LogP contribution in [0.1, 0.15) is 0 Å². The highest BCUT2D eigenvalue weighted by molar-refractivity contribution is 7.91. The number of rotatable bonds is 2. The second-order valence-electron chi connectivity index (χ2n) is 2.76. The highest BCUT2D eigenvalue weighted by Gasteiger charge is 2.24. The van der Waals surface area contributed by atoms with Crippen LogP contribution in [0.5, 0.6) is 0 Å². The van der Waals surface area contributed by atoms with Gasteiger partial charge in [-0.1, -0.05) is 11.6 Å². The van der Waals surface area contributed by atoms with Crippen molar-refractivity contribution in [2.24, 2.45) is 0 Å². The zero-order valence-electron chi connectivity index (χ0n) is 7.67. The summed E-state index contributed by atoms with van der Waals surface area (Å²) in [4.78, 5) is 0. The maximum absolute atomic E-state index is 11.1. The molecule has 84 valence electrons. The molecule has 0 saturated heterocycles. The van der Waals surface area contributed by atoms with Crippen LogP contribution in [0.2, 0.25) is 5.02 Å². The highest BCUT2D eigenvalue weighted by Crippen LogP contribution is 2.23. The molecule has 0 amide bonds. The second-order valence-corrected chi connectivity index (χ2v) is 7.00. The average molecular weight is 272 g/mol. The standard InChI is InChI=1S/C5H6ClN3O4S2/c1-14(10,11)4-3(6)5(8-9-7-4)15(2,12)13/h1-2H3. The lowest BCUT2D eigenvalue weighted by Crippen LogP contribution is -2.11. The van der Waals surface area contributed by atoms with Crippen LogP contribution < -0.4 is 0 Å². The predicted octanol–water partition coefficient (Wildman–Crippen LogP) is -0.668. The molecule has 1 heterocycles. The molecule has 0 aliphatic heterocycles. The Hall–Kier alpha value is -0.800. The van der Waals surface area contributed by atoms with Gasteiger partial charge in [-0.25, -0.2) is 16.8 Å². The molecule has 7 nitrogen and oxygen atoms in total. The molecular formula is C5H6ClN3O4S2. The first-order chi connectivity index (χ1) is 6.64. The van der Waals surface area contributed by atoms with E-state index in [0.29, 0.717) is 0 Å². The lowest BCUT2D eigenvalue weighted by atomic mass is 10.7. The fourth-order valence-corrected chi connectivity index (χ4v) is 2.95. The first-order valence-electron chi connectivity index (χ1n) is 3.43. The monoisotopic (exact) mass is 271 g/mol. The third kappa shape index (κ3) is 2.61. The SMILES string of the molecule is CS(=O)(=O)c1nnnc(S(C)(=O)=O)c1Cl. The third-order valence-corrected chi connectivity index (χ3v) is 3.91. The Labute approximate surface area is 91.3 Å². The molecular weight excluding hydrogens is 266 g/mol. The van der Waals surface area contributed by atoms with Gasteiger partial charge in [0.2, 0.25) is 10.1 Å². The Kier molecular flexibility index (Phi) is 2.99. The van der Waals surface area contributed by atoms with Gasteiger partial charge in [0.25, 0.3) is 0 Å². The summed E-state index contributed by atoms with van der Waals surface area (Å²) in [5, 5.41) is 7.66. The number of hydrogen-bond acceptors (Lipinski definition) is 7.